The van der Waals surface area contributed by atoms with Crippen molar-refractivity contribution in [2.75, 3.05) is 23.8 Å². The van der Waals surface area contributed by atoms with Crippen LogP contribution in [0, 0.1) is 5.92 Å². The van der Waals surface area contributed by atoms with Crippen molar-refractivity contribution in [3.63, 3.8) is 0 Å². The summed E-state index contributed by atoms with van der Waals surface area (Å²) in [6.07, 6.45) is 2.51. The molecule has 0 spiro atoms. The van der Waals surface area contributed by atoms with Crippen LogP contribution in [0.1, 0.15) is 24.4 Å². The zero-order valence-electron chi connectivity index (χ0n) is 13.7. The highest BCUT2D eigenvalue weighted by Crippen LogP contribution is 2.45. The molecule has 0 radical (unpaired) electrons. The van der Waals surface area contributed by atoms with E-state index in [0.717, 1.165) is 5.69 Å². The molecule has 2 N–H and O–H groups in total. The predicted octanol–water partition coefficient (Wildman–Crippen LogP) is 3.28. The highest BCUT2D eigenvalue weighted by molar-refractivity contribution is 5.97. The molecule has 4 aliphatic heterocycles. The number of piperidine rings is 3. The van der Waals surface area contributed by atoms with Gasteiger partial charge in [-0.1, -0.05) is 30.3 Å². The molecule has 6 rings (SSSR count). The lowest BCUT2D eigenvalue weighted by Gasteiger charge is -2.46. The highest BCUT2D eigenvalue weighted by atomic mass is 15.5. The Morgan fingerprint density at radius 3 is 2.29 bits per heavy atom. The molecule has 2 atom stereocenters. The number of hydrazone groups is 1. The van der Waals surface area contributed by atoms with Crippen molar-refractivity contribution in [1.29, 1.82) is 0 Å². The lowest BCUT2D eigenvalue weighted by molar-refractivity contribution is 0.137. The standard InChI is InChI=1S/C20H22N4/c21-16-8-6-15(7-9-16)19-20-18(14-10-12-23(20)13-11-14)22-24(19)17-4-2-1-3-5-17/h1-9,14,19-20H,10-13,21H2. The first-order valence-corrected chi connectivity index (χ1v) is 8.83. The highest BCUT2D eigenvalue weighted by Gasteiger charge is 2.49. The second kappa shape index (κ2) is 5.35. The molecule has 4 nitrogen and oxygen atoms in total. The molecular weight excluding hydrogens is 296 g/mol. The Labute approximate surface area is 142 Å². The number of anilines is 2. The SMILES string of the molecule is Nc1ccc(C2C3C(=NN2c2ccccc2)C2CCN3CC2)cc1. The summed E-state index contributed by atoms with van der Waals surface area (Å²) in [5.41, 5.74) is 10.6. The first-order chi connectivity index (χ1) is 11.8. The maximum absolute atomic E-state index is 5.91. The number of nitrogen functional groups attached to an aromatic ring is 1. The first kappa shape index (κ1) is 14.1. The van der Waals surface area contributed by atoms with E-state index in [4.69, 9.17) is 10.8 Å². The molecule has 24 heavy (non-hydrogen) atoms. The Balaban J connectivity index is 1.62. The van der Waals surface area contributed by atoms with Gasteiger partial charge in [0.05, 0.1) is 23.5 Å². The van der Waals surface area contributed by atoms with Crippen LogP contribution in [-0.4, -0.2) is 29.7 Å². The van der Waals surface area contributed by atoms with Crippen LogP contribution < -0.4 is 10.7 Å². The molecule has 2 unspecified atom stereocenters. The van der Waals surface area contributed by atoms with Gasteiger partial charge in [0.1, 0.15) is 0 Å². The largest absolute Gasteiger partial charge is 0.399 e. The van der Waals surface area contributed by atoms with E-state index in [0.29, 0.717) is 12.0 Å². The van der Waals surface area contributed by atoms with E-state index in [-0.39, 0.29) is 6.04 Å². The molecule has 0 aromatic heterocycles. The molecule has 3 saturated heterocycles. The topological polar surface area (TPSA) is 44.9 Å². The van der Waals surface area contributed by atoms with Crippen LogP contribution in [0.25, 0.3) is 0 Å². The maximum Gasteiger partial charge on any atom is 0.0985 e. The Kier molecular flexibility index (Phi) is 3.13. The molecule has 4 heteroatoms. The van der Waals surface area contributed by atoms with Crippen molar-refractivity contribution in [2.24, 2.45) is 11.0 Å². The normalized spacial score (nSPS) is 31.0. The molecule has 2 aromatic carbocycles. The van der Waals surface area contributed by atoms with Crippen molar-refractivity contribution in [1.82, 2.24) is 4.90 Å². The van der Waals surface area contributed by atoms with Gasteiger partial charge in [0.25, 0.3) is 0 Å². The van der Waals surface area contributed by atoms with Crippen molar-refractivity contribution < 1.29 is 0 Å². The summed E-state index contributed by atoms with van der Waals surface area (Å²) < 4.78 is 0. The number of hydrogen-bond donors (Lipinski definition) is 1. The fourth-order valence-electron chi connectivity index (χ4n) is 4.54. The van der Waals surface area contributed by atoms with Gasteiger partial charge in [-0.2, -0.15) is 5.10 Å². The molecule has 4 heterocycles. The molecule has 3 fully saturated rings. The average Bonchev–Trinajstić information content (AvgIpc) is 3.07. The number of para-hydroxylation sites is 1. The van der Waals surface area contributed by atoms with Gasteiger partial charge < -0.3 is 5.73 Å². The van der Waals surface area contributed by atoms with Crippen molar-refractivity contribution in [3.05, 3.63) is 60.2 Å². The third-order valence-electron chi connectivity index (χ3n) is 5.73. The van der Waals surface area contributed by atoms with E-state index in [1.54, 1.807) is 0 Å². The monoisotopic (exact) mass is 318 g/mol. The number of nitrogens with zero attached hydrogens (tertiary/aromatic N) is 3. The average molecular weight is 318 g/mol. The fraction of sp³-hybridized carbons (Fsp3) is 0.350. The second-order valence-electron chi connectivity index (χ2n) is 7.07. The van der Waals surface area contributed by atoms with E-state index >= 15 is 0 Å². The maximum atomic E-state index is 5.91. The Morgan fingerprint density at radius 2 is 1.58 bits per heavy atom. The fourth-order valence-corrected chi connectivity index (χ4v) is 4.54. The minimum Gasteiger partial charge on any atom is -0.399 e. The van der Waals surface area contributed by atoms with Crippen molar-refractivity contribution in [3.8, 4) is 0 Å². The summed E-state index contributed by atoms with van der Waals surface area (Å²) in [6, 6.07) is 19.5. The lowest BCUT2D eigenvalue weighted by Crippen LogP contribution is -2.56. The lowest BCUT2D eigenvalue weighted by atomic mass is 9.78. The van der Waals surface area contributed by atoms with E-state index < -0.39 is 0 Å². The molecule has 2 aromatic rings. The third kappa shape index (κ3) is 2.06. The molecule has 122 valence electrons. The Morgan fingerprint density at radius 1 is 0.875 bits per heavy atom. The molecule has 0 amide bonds. The minimum atomic E-state index is 0.242. The van der Waals surface area contributed by atoms with E-state index in [1.165, 1.54) is 42.9 Å². The Hall–Kier alpha value is -2.33. The smallest absolute Gasteiger partial charge is 0.0985 e. The summed E-state index contributed by atoms with van der Waals surface area (Å²) in [5, 5.41) is 7.36. The summed E-state index contributed by atoms with van der Waals surface area (Å²) in [4.78, 5) is 2.63. The molecular formula is C20H22N4. The van der Waals surface area contributed by atoms with Crippen LogP contribution >= 0.6 is 0 Å². The number of hydrogen-bond acceptors (Lipinski definition) is 4. The van der Waals surface area contributed by atoms with Gasteiger partial charge in [-0.3, -0.25) is 9.91 Å². The molecule has 2 bridgehead atoms. The van der Waals surface area contributed by atoms with Crippen LogP contribution in [0.15, 0.2) is 59.7 Å². The van der Waals surface area contributed by atoms with Crippen LogP contribution in [0.3, 0.4) is 0 Å². The van der Waals surface area contributed by atoms with Gasteiger partial charge in [0, 0.05) is 11.6 Å². The van der Waals surface area contributed by atoms with E-state index in [1.807, 2.05) is 12.1 Å². The Bertz CT molecular complexity index is 760. The van der Waals surface area contributed by atoms with Crippen LogP contribution in [0.4, 0.5) is 11.4 Å². The quantitative estimate of drug-likeness (QED) is 0.864. The number of benzene rings is 2. The van der Waals surface area contributed by atoms with Gasteiger partial charge in [0.2, 0.25) is 0 Å². The van der Waals surface area contributed by atoms with Crippen LogP contribution in [-0.2, 0) is 0 Å². The summed E-state index contributed by atoms with van der Waals surface area (Å²) in [6.45, 7) is 2.39. The van der Waals surface area contributed by atoms with E-state index in [2.05, 4.69) is 52.4 Å². The van der Waals surface area contributed by atoms with Gasteiger partial charge >= 0.3 is 0 Å². The first-order valence-electron chi connectivity index (χ1n) is 8.83. The van der Waals surface area contributed by atoms with Crippen molar-refractivity contribution in [2.45, 2.75) is 24.9 Å². The summed E-state index contributed by atoms with van der Waals surface area (Å²) in [7, 11) is 0. The van der Waals surface area contributed by atoms with E-state index in [9.17, 15) is 0 Å². The number of fused-ring (bicyclic) bond motifs is 2. The second-order valence-corrected chi connectivity index (χ2v) is 7.07. The van der Waals surface area contributed by atoms with Gasteiger partial charge in [-0.15, -0.1) is 0 Å². The van der Waals surface area contributed by atoms with Gasteiger partial charge in [-0.25, -0.2) is 0 Å². The zero-order chi connectivity index (χ0) is 16.1. The number of nitrogens with two attached hydrogens (primary N) is 1. The molecule has 0 saturated carbocycles. The predicted molar refractivity (Wildman–Crippen MR) is 98.0 cm³/mol. The zero-order valence-corrected chi connectivity index (χ0v) is 13.7. The van der Waals surface area contributed by atoms with Crippen LogP contribution in [0.2, 0.25) is 0 Å². The third-order valence-corrected chi connectivity index (χ3v) is 5.73. The van der Waals surface area contributed by atoms with Gasteiger partial charge in [-0.05, 0) is 55.8 Å². The van der Waals surface area contributed by atoms with Gasteiger partial charge in [0.15, 0.2) is 0 Å². The summed E-state index contributed by atoms with van der Waals surface area (Å²) in [5.74, 6) is 0.657. The molecule has 4 aliphatic rings. The number of rotatable bonds is 2. The summed E-state index contributed by atoms with van der Waals surface area (Å²) >= 11 is 0. The van der Waals surface area contributed by atoms with Crippen molar-refractivity contribution >= 4 is 17.1 Å². The molecule has 0 aliphatic carbocycles. The van der Waals surface area contributed by atoms with Crippen LogP contribution in [0.5, 0.6) is 0 Å². The minimum absolute atomic E-state index is 0.242.